The average molecular weight is 254 g/mol. The monoisotopic (exact) mass is 254 g/mol. The van der Waals surface area contributed by atoms with Crippen LogP contribution in [0.5, 0.6) is 0 Å². The number of carbonyl (C=O) groups is 1. The van der Waals surface area contributed by atoms with Crippen LogP contribution < -0.4 is 5.73 Å². The number of benzene rings is 1. The molecule has 3 aromatic rings. The molecule has 3 rings (SSSR count). The Morgan fingerprint density at radius 1 is 1.16 bits per heavy atom. The molecule has 6 nitrogen and oxygen atoms in total. The Labute approximate surface area is 108 Å². The van der Waals surface area contributed by atoms with Gasteiger partial charge in [0.2, 0.25) is 0 Å². The number of aromatic nitrogens is 3. The van der Waals surface area contributed by atoms with Gasteiger partial charge in [0.05, 0.1) is 0 Å². The van der Waals surface area contributed by atoms with Crippen molar-refractivity contribution in [2.45, 2.75) is 0 Å². The molecule has 0 fully saturated rings. The Hall–Kier alpha value is -2.89. The second kappa shape index (κ2) is 4.09. The first-order valence-corrected chi connectivity index (χ1v) is 5.60. The first-order chi connectivity index (χ1) is 9.15. The topological polar surface area (TPSA) is 93.5 Å². The van der Waals surface area contributed by atoms with Crippen LogP contribution in [0.3, 0.4) is 0 Å². The molecule has 0 bridgehead atoms. The van der Waals surface area contributed by atoms with E-state index >= 15 is 0 Å². The lowest BCUT2D eigenvalue weighted by Gasteiger charge is -1.97. The van der Waals surface area contributed by atoms with Gasteiger partial charge in [0.1, 0.15) is 0 Å². The van der Waals surface area contributed by atoms with Crippen molar-refractivity contribution in [3.8, 4) is 11.4 Å². The van der Waals surface area contributed by atoms with Crippen molar-refractivity contribution in [3.05, 3.63) is 48.2 Å². The number of hydrogen-bond donors (Lipinski definition) is 2. The largest absolute Gasteiger partial charge is 0.477 e. The van der Waals surface area contributed by atoms with E-state index in [2.05, 4.69) is 10.1 Å². The number of rotatable bonds is 2. The summed E-state index contributed by atoms with van der Waals surface area (Å²) in [7, 11) is 0. The zero-order valence-electron chi connectivity index (χ0n) is 9.82. The van der Waals surface area contributed by atoms with Crippen molar-refractivity contribution in [1.29, 1.82) is 0 Å². The van der Waals surface area contributed by atoms with Gasteiger partial charge in [-0.05, 0) is 36.4 Å². The maximum atomic E-state index is 11.1. The van der Waals surface area contributed by atoms with Gasteiger partial charge in [-0.15, -0.1) is 5.10 Å². The molecule has 2 aromatic heterocycles. The molecule has 0 spiro atoms. The molecule has 0 saturated carbocycles. The van der Waals surface area contributed by atoms with Gasteiger partial charge in [-0.25, -0.2) is 14.3 Å². The maximum Gasteiger partial charge on any atom is 0.354 e. The van der Waals surface area contributed by atoms with Gasteiger partial charge in [0.25, 0.3) is 0 Å². The lowest BCUT2D eigenvalue weighted by molar-refractivity contribution is 0.0687. The number of nitrogen functional groups attached to an aromatic ring is 1. The number of anilines is 1. The molecule has 0 amide bonds. The van der Waals surface area contributed by atoms with Crippen LogP contribution in [-0.2, 0) is 0 Å². The van der Waals surface area contributed by atoms with E-state index in [1.807, 2.05) is 0 Å². The van der Waals surface area contributed by atoms with Gasteiger partial charge in [-0.2, -0.15) is 0 Å². The second-order valence-electron chi connectivity index (χ2n) is 4.04. The minimum absolute atomic E-state index is 0.0756. The summed E-state index contributed by atoms with van der Waals surface area (Å²) in [6.45, 7) is 0. The molecule has 1 aromatic carbocycles. The fourth-order valence-corrected chi connectivity index (χ4v) is 1.82. The Bertz CT molecular complexity index is 762. The number of carboxylic acid groups (broad SMARTS) is 1. The molecular formula is C13H10N4O2. The molecule has 0 aliphatic rings. The third-order valence-corrected chi connectivity index (χ3v) is 2.75. The number of hydrogen-bond acceptors (Lipinski definition) is 4. The standard InChI is InChI=1S/C13H10N4O2/c14-9-6-4-8(5-7-9)12-15-11-3-1-2-10(13(18)19)17(11)16-12/h1-7H,14H2,(H,18,19). The van der Waals surface area contributed by atoms with Crippen LogP contribution in [0.1, 0.15) is 10.5 Å². The molecule has 0 saturated heterocycles. The Balaban J connectivity index is 2.19. The molecule has 0 atom stereocenters. The molecule has 0 unspecified atom stereocenters. The van der Waals surface area contributed by atoms with E-state index in [0.717, 1.165) is 5.56 Å². The molecule has 0 aliphatic heterocycles. The zero-order valence-corrected chi connectivity index (χ0v) is 9.82. The lowest BCUT2D eigenvalue weighted by Crippen LogP contribution is -2.05. The predicted molar refractivity (Wildman–Crippen MR) is 69.8 cm³/mol. The first-order valence-electron chi connectivity index (χ1n) is 5.60. The SMILES string of the molecule is Nc1ccc(-c2nc3cccc(C(=O)O)n3n2)cc1. The smallest absolute Gasteiger partial charge is 0.354 e. The summed E-state index contributed by atoms with van der Waals surface area (Å²) in [5.41, 5.74) is 7.63. The normalized spacial score (nSPS) is 10.7. The van der Waals surface area contributed by atoms with Gasteiger partial charge in [-0.3, -0.25) is 0 Å². The highest BCUT2D eigenvalue weighted by Gasteiger charge is 2.12. The van der Waals surface area contributed by atoms with Crippen LogP contribution in [0.4, 0.5) is 5.69 Å². The highest BCUT2D eigenvalue weighted by Crippen LogP contribution is 2.18. The summed E-state index contributed by atoms with van der Waals surface area (Å²) in [5.74, 6) is -0.576. The van der Waals surface area contributed by atoms with Gasteiger partial charge in [0, 0.05) is 11.3 Å². The fourth-order valence-electron chi connectivity index (χ4n) is 1.82. The average Bonchev–Trinajstić information content (AvgIpc) is 2.82. The van der Waals surface area contributed by atoms with Crippen LogP contribution in [0.2, 0.25) is 0 Å². The Kier molecular flexibility index (Phi) is 2.42. The van der Waals surface area contributed by atoms with Gasteiger partial charge in [0.15, 0.2) is 17.2 Å². The van der Waals surface area contributed by atoms with E-state index in [1.165, 1.54) is 10.6 Å². The quantitative estimate of drug-likeness (QED) is 0.678. The van der Waals surface area contributed by atoms with Gasteiger partial charge in [-0.1, -0.05) is 6.07 Å². The van der Waals surface area contributed by atoms with Crippen LogP contribution >= 0.6 is 0 Å². The van der Waals surface area contributed by atoms with Crippen LogP contribution in [0, 0.1) is 0 Å². The van der Waals surface area contributed by atoms with Crippen molar-refractivity contribution in [3.63, 3.8) is 0 Å². The first kappa shape index (κ1) is 11.2. The van der Waals surface area contributed by atoms with Gasteiger partial charge < -0.3 is 10.8 Å². The van der Waals surface area contributed by atoms with Gasteiger partial charge >= 0.3 is 5.97 Å². The minimum atomic E-state index is -1.04. The van der Waals surface area contributed by atoms with Crippen molar-refractivity contribution < 1.29 is 9.90 Å². The molecule has 0 aliphatic carbocycles. The van der Waals surface area contributed by atoms with Crippen LogP contribution in [0.25, 0.3) is 17.0 Å². The van der Waals surface area contributed by atoms with E-state index < -0.39 is 5.97 Å². The molecule has 3 N–H and O–H groups in total. The number of carboxylic acids is 1. The van der Waals surface area contributed by atoms with E-state index in [9.17, 15) is 4.79 Å². The van der Waals surface area contributed by atoms with Crippen molar-refractivity contribution >= 4 is 17.3 Å². The molecule has 19 heavy (non-hydrogen) atoms. The molecule has 0 radical (unpaired) electrons. The summed E-state index contributed by atoms with van der Waals surface area (Å²) < 4.78 is 1.31. The zero-order chi connectivity index (χ0) is 13.4. The highest BCUT2D eigenvalue weighted by molar-refractivity contribution is 5.86. The third-order valence-electron chi connectivity index (χ3n) is 2.75. The fraction of sp³-hybridized carbons (Fsp3) is 0. The van der Waals surface area contributed by atoms with E-state index in [4.69, 9.17) is 10.8 Å². The van der Waals surface area contributed by atoms with E-state index in [0.29, 0.717) is 17.2 Å². The van der Waals surface area contributed by atoms with Crippen LogP contribution in [0.15, 0.2) is 42.5 Å². The highest BCUT2D eigenvalue weighted by atomic mass is 16.4. The van der Waals surface area contributed by atoms with Crippen LogP contribution in [-0.4, -0.2) is 25.7 Å². The summed E-state index contributed by atoms with van der Waals surface area (Å²) in [6, 6.07) is 11.9. The molecule has 6 heteroatoms. The number of aromatic carboxylic acids is 1. The predicted octanol–water partition coefficient (Wildman–Crippen LogP) is 1.68. The summed E-state index contributed by atoms with van der Waals surface area (Å²) in [5, 5.41) is 13.3. The summed E-state index contributed by atoms with van der Waals surface area (Å²) >= 11 is 0. The van der Waals surface area contributed by atoms with Crippen molar-refractivity contribution in [1.82, 2.24) is 14.6 Å². The lowest BCUT2D eigenvalue weighted by atomic mass is 10.2. The molecule has 2 heterocycles. The third kappa shape index (κ3) is 1.89. The van der Waals surface area contributed by atoms with Crippen molar-refractivity contribution in [2.24, 2.45) is 0 Å². The molecular weight excluding hydrogens is 244 g/mol. The number of nitrogens with two attached hydrogens (primary N) is 1. The second-order valence-corrected chi connectivity index (χ2v) is 4.04. The number of fused-ring (bicyclic) bond motifs is 1. The number of pyridine rings is 1. The minimum Gasteiger partial charge on any atom is -0.477 e. The van der Waals surface area contributed by atoms with E-state index in [-0.39, 0.29) is 5.69 Å². The summed E-state index contributed by atoms with van der Waals surface area (Å²) in [6.07, 6.45) is 0. The van der Waals surface area contributed by atoms with E-state index in [1.54, 1.807) is 36.4 Å². The van der Waals surface area contributed by atoms with Crippen molar-refractivity contribution in [2.75, 3.05) is 5.73 Å². The summed E-state index contributed by atoms with van der Waals surface area (Å²) in [4.78, 5) is 15.4. The Morgan fingerprint density at radius 2 is 1.89 bits per heavy atom. The molecule has 94 valence electrons. The maximum absolute atomic E-state index is 11.1. The number of nitrogens with zero attached hydrogens (tertiary/aromatic N) is 3. The Morgan fingerprint density at radius 3 is 2.58 bits per heavy atom.